The van der Waals surface area contributed by atoms with Gasteiger partial charge in [-0.25, -0.2) is 0 Å². The molecule has 4 nitrogen and oxygen atoms in total. The highest BCUT2D eigenvalue weighted by atomic mass is 79.9. The Hall–Kier alpha value is -1.07. The lowest BCUT2D eigenvalue weighted by atomic mass is 10.0. The normalized spacial score (nSPS) is 19.8. The summed E-state index contributed by atoms with van der Waals surface area (Å²) in [5.41, 5.74) is 2.41. The molecule has 0 aromatic carbocycles. The second-order valence-corrected chi connectivity index (χ2v) is 4.78. The summed E-state index contributed by atoms with van der Waals surface area (Å²) in [5, 5.41) is 7.75. The number of rotatable bonds is 1. The van der Waals surface area contributed by atoms with Crippen LogP contribution in [-0.4, -0.2) is 16.3 Å². The molecule has 0 radical (unpaired) electrons. The number of hydrogen-bond acceptors (Lipinski definition) is 3. The van der Waals surface area contributed by atoms with E-state index in [1.807, 2.05) is 17.8 Å². The summed E-state index contributed by atoms with van der Waals surface area (Å²) < 4.78 is 8.29. The largest absolute Gasteiger partial charge is 0.467 e. The van der Waals surface area contributed by atoms with Crippen LogP contribution in [0.4, 0.5) is 0 Å². The third-order valence-electron chi connectivity index (χ3n) is 2.97. The van der Waals surface area contributed by atoms with E-state index in [-0.39, 0.29) is 6.04 Å². The number of furan rings is 1. The molecule has 1 aliphatic rings. The molecule has 0 spiro atoms. The smallest absolute Gasteiger partial charge is 0.130 e. The lowest BCUT2D eigenvalue weighted by Crippen LogP contribution is -2.31. The van der Waals surface area contributed by atoms with E-state index in [1.165, 1.54) is 5.56 Å². The van der Waals surface area contributed by atoms with Crippen LogP contribution in [-0.2, 0) is 13.5 Å². The second kappa shape index (κ2) is 3.75. The topological polar surface area (TPSA) is 43.0 Å². The van der Waals surface area contributed by atoms with Gasteiger partial charge in [-0.1, -0.05) is 0 Å². The summed E-state index contributed by atoms with van der Waals surface area (Å²) in [6.45, 7) is 0.972. The number of fused-ring (bicyclic) bond motifs is 1. The fourth-order valence-electron chi connectivity index (χ4n) is 2.21. The minimum atomic E-state index is 0.113. The van der Waals surface area contributed by atoms with Crippen LogP contribution in [0.15, 0.2) is 27.4 Å². The van der Waals surface area contributed by atoms with E-state index < -0.39 is 0 Å². The van der Waals surface area contributed by atoms with Gasteiger partial charge in [-0.2, -0.15) is 5.10 Å². The molecule has 1 atom stereocenters. The van der Waals surface area contributed by atoms with Crippen molar-refractivity contribution >= 4 is 15.9 Å². The molecule has 1 unspecified atom stereocenters. The van der Waals surface area contributed by atoms with Gasteiger partial charge in [0.05, 0.1) is 12.0 Å². The molecule has 84 valence electrons. The molecule has 5 heteroatoms. The summed E-state index contributed by atoms with van der Waals surface area (Å²) in [4.78, 5) is 0. The number of halogens is 1. The molecule has 1 N–H and O–H groups in total. The zero-order valence-corrected chi connectivity index (χ0v) is 10.5. The van der Waals surface area contributed by atoms with E-state index in [9.17, 15) is 0 Å². The van der Waals surface area contributed by atoms with Crippen molar-refractivity contribution in [1.29, 1.82) is 0 Å². The van der Waals surface area contributed by atoms with Gasteiger partial charge in [0.25, 0.3) is 0 Å². The van der Waals surface area contributed by atoms with Crippen molar-refractivity contribution in [3.8, 4) is 0 Å². The first kappa shape index (κ1) is 10.1. The van der Waals surface area contributed by atoms with E-state index in [0.717, 1.165) is 29.0 Å². The summed E-state index contributed by atoms with van der Waals surface area (Å²) in [6.07, 6.45) is 2.79. The van der Waals surface area contributed by atoms with Crippen LogP contribution in [0.5, 0.6) is 0 Å². The highest BCUT2D eigenvalue weighted by Gasteiger charge is 2.26. The molecule has 0 aliphatic carbocycles. The molecular weight excluding hydrogens is 270 g/mol. The van der Waals surface area contributed by atoms with E-state index in [2.05, 4.69) is 32.4 Å². The van der Waals surface area contributed by atoms with Crippen LogP contribution in [0, 0.1) is 0 Å². The molecule has 16 heavy (non-hydrogen) atoms. The second-order valence-electron chi connectivity index (χ2n) is 3.96. The Morgan fingerprint density at radius 2 is 2.50 bits per heavy atom. The Kier molecular flexibility index (Phi) is 2.37. The predicted octanol–water partition coefficient (Wildman–Crippen LogP) is 2.01. The van der Waals surface area contributed by atoms with Gasteiger partial charge in [0.1, 0.15) is 16.4 Å². The summed E-state index contributed by atoms with van der Waals surface area (Å²) in [7, 11) is 1.94. The molecule has 0 saturated heterocycles. The van der Waals surface area contributed by atoms with Crippen molar-refractivity contribution in [3.05, 3.63) is 40.0 Å². The third-order valence-corrected chi connectivity index (χ3v) is 3.36. The molecule has 2 aromatic rings. The van der Waals surface area contributed by atoms with Gasteiger partial charge in [0.15, 0.2) is 0 Å². The van der Waals surface area contributed by atoms with E-state index >= 15 is 0 Å². The molecule has 0 bridgehead atoms. The first-order chi connectivity index (χ1) is 7.75. The van der Waals surface area contributed by atoms with Gasteiger partial charge in [-0.05, 0) is 40.0 Å². The van der Waals surface area contributed by atoms with Gasteiger partial charge in [0.2, 0.25) is 0 Å². The zero-order chi connectivity index (χ0) is 11.1. The fourth-order valence-corrected chi connectivity index (χ4v) is 2.68. The highest BCUT2D eigenvalue weighted by molar-refractivity contribution is 9.10. The van der Waals surface area contributed by atoms with Gasteiger partial charge >= 0.3 is 0 Å². The summed E-state index contributed by atoms with van der Waals surface area (Å²) >= 11 is 3.39. The van der Waals surface area contributed by atoms with Gasteiger partial charge in [-0.3, -0.25) is 4.68 Å². The number of aromatic nitrogens is 2. The molecule has 0 amide bonds. The third kappa shape index (κ3) is 1.51. The Bertz CT molecular complexity index is 517. The van der Waals surface area contributed by atoms with Crippen molar-refractivity contribution < 1.29 is 4.42 Å². The van der Waals surface area contributed by atoms with Crippen LogP contribution in [0.3, 0.4) is 0 Å². The number of hydrogen-bond donors (Lipinski definition) is 1. The zero-order valence-electron chi connectivity index (χ0n) is 8.90. The molecule has 0 saturated carbocycles. The Morgan fingerprint density at radius 1 is 1.62 bits per heavy atom. The fraction of sp³-hybridized carbons (Fsp3) is 0.364. The lowest BCUT2D eigenvalue weighted by Gasteiger charge is -2.22. The van der Waals surface area contributed by atoms with Crippen LogP contribution in [0.2, 0.25) is 0 Å². The standard InChI is InChI=1S/C11H12BrN3O/c1-15-8(6-9(12)14-15)10-11-7(2-4-13-10)3-5-16-11/h3,5-6,10,13H,2,4H2,1H3. The van der Waals surface area contributed by atoms with Crippen LogP contribution in [0.1, 0.15) is 23.1 Å². The first-order valence-electron chi connectivity index (χ1n) is 5.25. The Balaban J connectivity index is 2.07. The minimum absolute atomic E-state index is 0.113. The van der Waals surface area contributed by atoms with Crippen molar-refractivity contribution in [2.24, 2.45) is 7.05 Å². The Labute approximate surface area is 102 Å². The van der Waals surface area contributed by atoms with Gasteiger partial charge in [0, 0.05) is 13.6 Å². The van der Waals surface area contributed by atoms with E-state index in [1.54, 1.807) is 6.26 Å². The maximum Gasteiger partial charge on any atom is 0.130 e. The van der Waals surface area contributed by atoms with Gasteiger partial charge < -0.3 is 9.73 Å². The lowest BCUT2D eigenvalue weighted by molar-refractivity contribution is 0.411. The summed E-state index contributed by atoms with van der Waals surface area (Å²) in [6, 6.07) is 4.19. The van der Waals surface area contributed by atoms with Crippen molar-refractivity contribution in [2.75, 3.05) is 6.54 Å². The number of aryl methyl sites for hydroxylation is 1. The quantitative estimate of drug-likeness (QED) is 0.870. The van der Waals surface area contributed by atoms with Crippen molar-refractivity contribution in [2.45, 2.75) is 12.5 Å². The number of nitrogens with zero attached hydrogens (tertiary/aromatic N) is 2. The van der Waals surface area contributed by atoms with Crippen LogP contribution >= 0.6 is 15.9 Å². The Morgan fingerprint density at radius 3 is 3.25 bits per heavy atom. The SMILES string of the molecule is Cn1nc(Br)cc1C1NCCc2ccoc21. The molecule has 1 aliphatic heterocycles. The first-order valence-corrected chi connectivity index (χ1v) is 6.04. The molecule has 3 heterocycles. The van der Waals surface area contributed by atoms with Gasteiger partial charge in [-0.15, -0.1) is 0 Å². The highest BCUT2D eigenvalue weighted by Crippen LogP contribution is 2.30. The average molecular weight is 282 g/mol. The monoisotopic (exact) mass is 281 g/mol. The molecule has 3 rings (SSSR count). The molecule has 2 aromatic heterocycles. The molecular formula is C11H12BrN3O. The number of nitrogens with one attached hydrogen (secondary N) is 1. The molecule has 0 fully saturated rings. The van der Waals surface area contributed by atoms with E-state index in [4.69, 9.17) is 4.42 Å². The van der Waals surface area contributed by atoms with Crippen molar-refractivity contribution in [3.63, 3.8) is 0 Å². The minimum Gasteiger partial charge on any atom is -0.467 e. The van der Waals surface area contributed by atoms with Crippen LogP contribution in [0.25, 0.3) is 0 Å². The average Bonchev–Trinajstić information content (AvgIpc) is 2.84. The predicted molar refractivity (Wildman–Crippen MR) is 63.2 cm³/mol. The summed E-state index contributed by atoms with van der Waals surface area (Å²) in [5.74, 6) is 1.02. The van der Waals surface area contributed by atoms with Crippen LogP contribution < -0.4 is 5.32 Å². The van der Waals surface area contributed by atoms with Crippen molar-refractivity contribution in [1.82, 2.24) is 15.1 Å². The maximum absolute atomic E-state index is 5.57. The van der Waals surface area contributed by atoms with E-state index in [0.29, 0.717) is 0 Å². The maximum atomic E-state index is 5.57.